The minimum Gasteiger partial charge on any atom is -0.444 e. The second kappa shape index (κ2) is 9.56. The molecule has 0 aromatic heterocycles. The van der Waals surface area contributed by atoms with Crippen molar-refractivity contribution in [2.75, 3.05) is 26.2 Å². The Morgan fingerprint density at radius 3 is 2.23 bits per heavy atom. The first-order valence-corrected chi connectivity index (χ1v) is 11.4. The molecule has 2 fully saturated rings. The Kier molecular flexibility index (Phi) is 7.80. The topological polar surface area (TPSA) is 79.0 Å². The van der Waals surface area contributed by atoms with E-state index in [1.165, 1.54) is 0 Å². The number of carbonyl (C=O) groups is 3. The van der Waals surface area contributed by atoms with Crippen LogP contribution in [0.2, 0.25) is 0 Å². The van der Waals surface area contributed by atoms with Gasteiger partial charge < -0.3 is 19.9 Å². The number of likely N-dealkylation sites (tertiary alicyclic amines) is 2. The molecule has 2 aliphatic rings. The highest BCUT2D eigenvalue weighted by molar-refractivity contribution is 5.84. The molecule has 172 valence electrons. The lowest BCUT2D eigenvalue weighted by atomic mass is 9.87. The van der Waals surface area contributed by atoms with Crippen LogP contribution in [0, 0.1) is 17.3 Å². The fraction of sp³-hybridized carbons (Fsp3) is 0.870. The van der Waals surface area contributed by atoms with Gasteiger partial charge in [0.25, 0.3) is 0 Å². The molecule has 0 saturated carbocycles. The molecule has 0 spiro atoms. The van der Waals surface area contributed by atoms with Crippen molar-refractivity contribution in [3.63, 3.8) is 0 Å². The van der Waals surface area contributed by atoms with E-state index < -0.39 is 17.1 Å². The van der Waals surface area contributed by atoms with Crippen molar-refractivity contribution in [2.24, 2.45) is 17.3 Å². The number of ether oxygens (including phenoxy) is 1. The van der Waals surface area contributed by atoms with Gasteiger partial charge in [-0.15, -0.1) is 0 Å². The first kappa shape index (κ1) is 24.5. The van der Waals surface area contributed by atoms with Crippen molar-refractivity contribution in [1.82, 2.24) is 15.1 Å². The molecular formula is C23H41N3O4. The number of alkyl carbamates (subject to hydrolysis) is 1. The maximum Gasteiger partial charge on any atom is 0.407 e. The minimum atomic E-state index is -0.553. The van der Waals surface area contributed by atoms with Crippen LogP contribution in [0.15, 0.2) is 0 Å². The molecule has 3 atom stereocenters. The van der Waals surface area contributed by atoms with Gasteiger partial charge in [0.1, 0.15) is 5.60 Å². The second-order valence-corrected chi connectivity index (χ2v) is 10.9. The number of piperidine rings is 2. The Morgan fingerprint density at radius 2 is 1.63 bits per heavy atom. The second-order valence-electron chi connectivity index (χ2n) is 10.9. The summed E-state index contributed by atoms with van der Waals surface area (Å²) in [4.78, 5) is 42.1. The quantitative estimate of drug-likeness (QED) is 0.754. The molecule has 0 aliphatic carbocycles. The Balaban J connectivity index is 2.04. The van der Waals surface area contributed by atoms with Gasteiger partial charge >= 0.3 is 6.09 Å². The van der Waals surface area contributed by atoms with Gasteiger partial charge in [-0.25, -0.2) is 4.79 Å². The molecule has 2 saturated heterocycles. The molecule has 30 heavy (non-hydrogen) atoms. The summed E-state index contributed by atoms with van der Waals surface area (Å²) in [5.41, 5.74) is -0.993. The molecule has 0 aromatic carbocycles. The van der Waals surface area contributed by atoms with Crippen LogP contribution in [0.25, 0.3) is 0 Å². The maximum absolute atomic E-state index is 13.4. The van der Waals surface area contributed by atoms with Gasteiger partial charge in [-0.1, -0.05) is 27.7 Å². The van der Waals surface area contributed by atoms with Gasteiger partial charge in [-0.05, 0) is 52.4 Å². The highest BCUT2D eigenvalue weighted by Crippen LogP contribution is 2.29. The molecule has 2 rings (SSSR count). The largest absolute Gasteiger partial charge is 0.444 e. The van der Waals surface area contributed by atoms with Gasteiger partial charge in [-0.3, -0.25) is 9.59 Å². The highest BCUT2D eigenvalue weighted by Gasteiger charge is 2.39. The molecule has 0 bridgehead atoms. The SMILES string of the molecule is C[C@@H]1CCCN(C(=O)[C@@H]2CCCN(C(=O)C(C)(C)C)C2)[C@H]1CNC(=O)OC(C)(C)C. The number of hydrogen-bond donors (Lipinski definition) is 1. The fourth-order valence-corrected chi connectivity index (χ4v) is 4.41. The minimum absolute atomic E-state index is 0.0486. The number of amides is 3. The number of nitrogens with one attached hydrogen (secondary N) is 1. The van der Waals surface area contributed by atoms with E-state index in [9.17, 15) is 14.4 Å². The summed E-state index contributed by atoms with van der Waals surface area (Å²) in [6, 6.07) is -0.0486. The summed E-state index contributed by atoms with van der Waals surface area (Å²) >= 11 is 0. The van der Waals surface area contributed by atoms with E-state index in [0.717, 1.165) is 32.2 Å². The van der Waals surface area contributed by atoms with Crippen LogP contribution in [-0.2, 0) is 14.3 Å². The highest BCUT2D eigenvalue weighted by atomic mass is 16.6. The van der Waals surface area contributed by atoms with E-state index >= 15 is 0 Å². The molecule has 7 nitrogen and oxygen atoms in total. The van der Waals surface area contributed by atoms with Gasteiger partial charge in [0.2, 0.25) is 11.8 Å². The Bertz CT molecular complexity index is 635. The summed E-state index contributed by atoms with van der Waals surface area (Å²) in [6.45, 7) is 15.7. The maximum atomic E-state index is 13.4. The third kappa shape index (κ3) is 6.61. The van der Waals surface area contributed by atoms with Gasteiger partial charge in [-0.2, -0.15) is 0 Å². The third-order valence-electron chi connectivity index (χ3n) is 5.95. The summed E-state index contributed by atoms with van der Waals surface area (Å²) < 4.78 is 5.35. The van der Waals surface area contributed by atoms with Gasteiger partial charge in [0.15, 0.2) is 0 Å². The van der Waals surface area contributed by atoms with Crippen LogP contribution in [0.3, 0.4) is 0 Å². The molecule has 0 aromatic rings. The molecule has 7 heteroatoms. The predicted molar refractivity (Wildman–Crippen MR) is 117 cm³/mol. The van der Waals surface area contributed by atoms with Crippen molar-refractivity contribution in [3.05, 3.63) is 0 Å². The lowest BCUT2D eigenvalue weighted by molar-refractivity contribution is -0.147. The molecule has 0 unspecified atom stereocenters. The van der Waals surface area contributed by atoms with Crippen LogP contribution in [0.1, 0.15) is 74.1 Å². The van der Waals surface area contributed by atoms with Crippen molar-refractivity contribution >= 4 is 17.9 Å². The molecule has 2 heterocycles. The lowest BCUT2D eigenvalue weighted by Crippen LogP contribution is -2.57. The molecule has 0 radical (unpaired) electrons. The number of nitrogens with zero attached hydrogens (tertiary/aromatic N) is 2. The normalized spacial score (nSPS) is 25.6. The zero-order valence-corrected chi connectivity index (χ0v) is 19.9. The number of rotatable bonds is 3. The summed E-state index contributed by atoms with van der Waals surface area (Å²) in [5.74, 6) is 0.354. The number of hydrogen-bond acceptors (Lipinski definition) is 4. The fourth-order valence-electron chi connectivity index (χ4n) is 4.41. The van der Waals surface area contributed by atoms with Gasteiger partial charge in [0.05, 0.1) is 12.0 Å². The predicted octanol–water partition coefficient (Wildman–Crippen LogP) is 3.42. The average Bonchev–Trinajstić information content (AvgIpc) is 2.63. The van der Waals surface area contributed by atoms with Crippen molar-refractivity contribution < 1.29 is 19.1 Å². The lowest BCUT2D eigenvalue weighted by Gasteiger charge is -2.43. The smallest absolute Gasteiger partial charge is 0.407 e. The van der Waals surface area contributed by atoms with E-state index in [2.05, 4.69) is 12.2 Å². The first-order chi connectivity index (χ1) is 13.8. The van der Waals surface area contributed by atoms with Gasteiger partial charge in [0, 0.05) is 31.6 Å². The monoisotopic (exact) mass is 423 g/mol. The van der Waals surface area contributed by atoms with E-state index in [1.807, 2.05) is 51.3 Å². The summed E-state index contributed by atoms with van der Waals surface area (Å²) in [5, 5.41) is 2.85. The zero-order valence-electron chi connectivity index (χ0n) is 19.9. The van der Waals surface area contributed by atoms with Crippen molar-refractivity contribution in [3.8, 4) is 0 Å². The van der Waals surface area contributed by atoms with E-state index in [0.29, 0.717) is 25.6 Å². The molecule has 1 N–H and O–H groups in total. The first-order valence-electron chi connectivity index (χ1n) is 11.4. The molecule has 2 aliphatic heterocycles. The average molecular weight is 424 g/mol. The van der Waals surface area contributed by atoms with E-state index in [1.54, 1.807) is 0 Å². The van der Waals surface area contributed by atoms with Crippen LogP contribution >= 0.6 is 0 Å². The molecule has 3 amide bonds. The third-order valence-corrected chi connectivity index (χ3v) is 5.95. The van der Waals surface area contributed by atoms with Crippen molar-refractivity contribution in [2.45, 2.75) is 85.8 Å². The summed E-state index contributed by atoms with van der Waals surface area (Å²) in [7, 11) is 0. The van der Waals surface area contributed by atoms with Crippen molar-refractivity contribution in [1.29, 1.82) is 0 Å². The Labute approximate surface area is 181 Å². The standard InChI is InChI=1S/C23H41N3O4/c1-16-10-8-13-26(18(16)14-24-21(29)30-23(5,6)7)19(27)17-11-9-12-25(15-17)20(28)22(2,3)4/h16-18H,8-15H2,1-7H3,(H,24,29)/t16-,17-,18+/m1/s1. The van der Waals surface area contributed by atoms with Crippen LogP contribution in [-0.4, -0.2) is 65.5 Å². The van der Waals surface area contributed by atoms with Crippen LogP contribution in [0.5, 0.6) is 0 Å². The zero-order chi connectivity index (χ0) is 22.7. The van der Waals surface area contributed by atoms with Crippen LogP contribution in [0.4, 0.5) is 4.79 Å². The van der Waals surface area contributed by atoms with E-state index in [4.69, 9.17) is 4.74 Å². The van der Waals surface area contributed by atoms with Crippen LogP contribution < -0.4 is 5.32 Å². The summed E-state index contributed by atoms with van der Waals surface area (Å²) in [6.07, 6.45) is 3.20. The Morgan fingerprint density at radius 1 is 1.00 bits per heavy atom. The molecular weight excluding hydrogens is 382 g/mol. The Hall–Kier alpha value is -1.79. The number of carbonyl (C=O) groups excluding carboxylic acids is 3. The van der Waals surface area contributed by atoms with E-state index in [-0.39, 0.29) is 23.8 Å².